The quantitative estimate of drug-likeness (QED) is 0.726. The second-order valence-electron chi connectivity index (χ2n) is 5.39. The third-order valence-electron chi connectivity index (χ3n) is 3.49. The smallest absolute Gasteiger partial charge is 0.138 e. The van der Waals surface area contributed by atoms with Crippen molar-refractivity contribution in [2.45, 2.75) is 19.9 Å². The van der Waals surface area contributed by atoms with Crippen molar-refractivity contribution in [3.8, 4) is 0 Å². The molecule has 0 bridgehead atoms. The van der Waals surface area contributed by atoms with Crippen LogP contribution in [0, 0.1) is 5.92 Å². The normalized spacial score (nSPS) is 13.5. The summed E-state index contributed by atoms with van der Waals surface area (Å²) in [7, 11) is 0. The van der Waals surface area contributed by atoms with Gasteiger partial charge in [0.05, 0.1) is 6.04 Å². The van der Waals surface area contributed by atoms with E-state index in [0.717, 1.165) is 11.1 Å². The topological polar surface area (TPSA) is 61.4 Å². The number of aromatic nitrogens is 6. The van der Waals surface area contributed by atoms with Gasteiger partial charge < -0.3 is 0 Å². The highest BCUT2D eigenvalue weighted by molar-refractivity contribution is 5.77. The van der Waals surface area contributed by atoms with Gasteiger partial charge >= 0.3 is 0 Å². The van der Waals surface area contributed by atoms with Crippen molar-refractivity contribution >= 4 is 11.8 Å². The van der Waals surface area contributed by atoms with E-state index in [1.54, 1.807) is 23.7 Å². The molecule has 1 unspecified atom stereocenters. The first-order chi connectivity index (χ1) is 10.8. The first-order valence-corrected chi connectivity index (χ1v) is 7.21. The predicted molar refractivity (Wildman–Crippen MR) is 84.5 cm³/mol. The van der Waals surface area contributed by atoms with Gasteiger partial charge in [-0.05, 0) is 11.5 Å². The van der Waals surface area contributed by atoms with E-state index < -0.39 is 0 Å². The molecule has 0 aliphatic rings. The molecule has 112 valence electrons. The highest BCUT2D eigenvalue weighted by Gasteiger charge is 2.22. The molecule has 3 aromatic rings. The fourth-order valence-corrected chi connectivity index (χ4v) is 2.55. The van der Waals surface area contributed by atoms with Crippen molar-refractivity contribution < 1.29 is 0 Å². The molecule has 0 saturated heterocycles. The van der Waals surface area contributed by atoms with Gasteiger partial charge in [0.1, 0.15) is 25.3 Å². The monoisotopic (exact) mass is 294 g/mol. The summed E-state index contributed by atoms with van der Waals surface area (Å²) >= 11 is 0. The summed E-state index contributed by atoms with van der Waals surface area (Å²) in [5, 5.41) is 8.52. The van der Waals surface area contributed by atoms with Crippen LogP contribution < -0.4 is 0 Å². The Balaban J connectivity index is 2.12. The summed E-state index contributed by atoms with van der Waals surface area (Å²) in [4.78, 5) is 8.10. The summed E-state index contributed by atoms with van der Waals surface area (Å²) in [6.45, 7) is 4.34. The molecule has 0 amide bonds. The molecule has 3 rings (SSSR count). The zero-order valence-electron chi connectivity index (χ0n) is 12.6. The first kappa shape index (κ1) is 14.2. The van der Waals surface area contributed by atoms with Gasteiger partial charge in [-0.1, -0.05) is 44.2 Å². The van der Waals surface area contributed by atoms with E-state index in [2.05, 4.69) is 46.1 Å². The lowest BCUT2D eigenvalue weighted by Gasteiger charge is -2.24. The predicted octanol–water partition coefficient (Wildman–Crippen LogP) is 2.77. The van der Waals surface area contributed by atoms with Crippen molar-refractivity contribution in [3.63, 3.8) is 0 Å². The number of rotatable bonds is 5. The Labute approximate surface area is 129 Å². The summed E-state index contributed by atoms with van der Waals surface area (Å²) < 4.78 is 3.61. The zero-order valence-corrected chi connectivity index (χ0v) is 12.6. The fourth-order valence-electron chi connectivity index (χ4n) is 2.55. The van der Waals surface area contributed by atoms with Gasteiger partial charge in [0.25, 0.3) is 0 Å². The van der Waals surface area contributed by atoms with Crippen molar-refractivity contribution in [1.29, 1.82) is 0 Å². The minimum atomic E-state index is 0.0640. The standard InChI is InChI=1S/C16H18N6/c1-13(2)16(22-12-18-10-20-22)15(8-21-11-17-9-19-21)14-6-4-3-5-7-14/h3-13,16H,1-2H3/b15-8-. The fraction of sp³-hybridized carbons (Fsp3) is 0.250. The maximum absolute atomic E-state index is 4.33. The molecule has 0 saturated carbocycles. The summed E-state index contributed by atoms with van der Waals surface area (Å²) in [5.41, 5.74) is 2.25. The van der Waals surface area contributed by atoms with Crippen LogP contribution in [-0.4, -0.2) is 29.5 Å². The second kappa shape index (κ2) is 6.34. The molecule has 1 aromatic carbocycles. The molecule has 0 spiro atoms. The summed E-state index contributed by atoms with van der Waals surface area (Å²) in [6, 6.07) is 10.3. The van der Waals surface area contributed by atoms with E-state index in [1.165, 1.54) is 6.33 Å². The first-order valence-electron chi connectivity index (χ1n) is 7.21. The molecule has 6 nitrogen and oxygen atoms in total. The van der Waals surface area contributed by atoms with Crippen LogP contribution >= 0.6 is 0 Å². The molecule has 22 heavy (non-hydrogen) atoms. The van der Waals surface area contributed by atoms with E-state index >= 15 is 0 Å². The molecule has 0 fully saturated rings. The van der Waals surface area contributed by atoms with Gasteiger partial charge in [0.15, 0.2) is 0 Å². The number of allylic oxidation sites excluding steroid dienone is 1. The van der Waals surface area contributed by atoms with Crippen LogP contribution in [0.15, 0.2) is 55.6 Å². The summed E-state index contributed by atoms with van der Waals surface area (Å²) in [5.74, 6) is 0.344. The zero-order chi connectivity index (χ0) is 15.4. The van der Waals surface area contributed by atoms with Crippen LogP contribution in [0.3, 0.4) is 0 Å². The molecule has 0 radical (unpaired) electrons. The van der Waals surface area contributed by atoms with Crippen LogP contribution in [0.4, 0.5) is 0 Å². The molecular formula is C16H18N6. The molecule has 0 N–H and O–H groups in total. The van der Waals surface area contributed by atoms with E-state index in [1.807, 2.05) is 29.1 Å². The summed E-state index contributed by atoms with van der Waals surface area (Å²) in [6.07, 6.45) is 8.52. The van der Waals surface area contributed by atoms with Gasteiger partial charge in [0.2, 0.25) is 0 Å². The van der Waals surface area contributed by atoms with Crippen molar-refractivity contribution in [2.24, 2.45) is 5.92 Å². The Bertz CT molecular complexity index is 713. The van der Waals surface area contributed by atoms with Gasteiger partial charge in [-0.25, -0.2) is 19.3 Å². The Morgan fingerprint density at radius 2 is 1.73 bits per heavy atom. The van der Waals surface area contributed by atoms with E-state index in [9.17, 15) is 0 Å². The maximum Gasteiger partial charge on any atom is 0.138 e. The molecule has 1 atom stereocenters. The van der Waals surface area contributed by atoms with Crippen molar-refractivity contribution in [2.75, 3.05) is 0 Å². The van der Waals surface area contributed by atoms with Crippen molar-refractivity contribution in [3.05, 3.63) is 61.2 Å². The molecule has 2 heterocycles. The number of hydrogen-bond donors (Lipinski definition) is 0. The van der Waals surface area contributed by atoms with Crippen LogP contribution in [0.1, 0.15) is 25.5 Å². The average Bonchev–Trinajstić information content (AvgIpc) is 3.21. The molecule has 0 aliphatic carbocycles. The minimum Gasteiger partial charge on any atom is -0.245 e. The molecule has 6 heteroatoms. The lowest BCUT2D eigenvalue weighted by molar-refractivity contribution is 0.426. The van der Waals surface area contributed by atoms with E-state index in [4.69, 9.17) is 0 Å². The lowest BCUT2D eigenvalue weighted by atomic mass is 9.91. The Hall–Kier alpha value is -2.76. The largest absolute Gasteiger partial charge is 0.245 e. The van der Waals surface area contributed by atoms with Crippen LogP contribution in [0.5, 0.6) is 0 Å². The maximum atomic E-state index is 4.33. The third kappa shape index (κ3) is 2.95. The minimum absolute atomic E-state index is 0.0640. The van der Waals surface area contributed by atoms with Crippen molar-refractivity contribution in [1.82, 2.24) is 29.5 Å². The van der Waals surface area contributed by atoms with E-state index in [0.29, 0.717) is 5.92 Å². The highest BCUT2D eigenvalue weighted by Crippen LogP contribution is 2.33. The van der Waals surface area contributed by atoms with Gasteiger partial charge in [-0.15, -0.1) is 0 Å². The van der Waals surface area contributed by atoms with Crippen LogP contribution in [0.25, 0.3) is 11.8 Å². The molecule has 2 aromatic heterocycles. The lowest BCUT2D eigenvalue weighted by Crippen LogP contribution is -2.18. The highest BCUT2D eigenvalue weighted by atomic mass is 15.3. The Kier molecular flexibility index (Phi) is 4.09. The molecular weight excluding hydrogens is 276 g/mol. The SMILES string of the molecule is CC(C)C(/C(=C\n1cncn1)c1ccccc1)n1cncn1. The third-order valence-corrected chi connectivity index (χ3v) is 3.49. The Morgan fingerprint density at radius 1 is 1.00 bits per heavy atom. The van der Waals surface area contributed by atoms with Crippen LogP contribution in [-0.2, 0) is 0 Å². The second-order valence-corrected chi connectivity index (χ2v) is 5.39. The number of benzene rings is 1. The molecule has 0 aliphatic heterocycles. The van der Waals surface area contributed by atoms with Gasteiger partial charge in [-0.3, -0.25) is 0 Å². The van der Waals surface area contributed by atoms with E-state index in [-0.39, 0.29) is 6.04 Å². The number of nitrogens with zero attached hydrogens (tertiary/aromatic N) is 6. The number of hydrogen-bond acceptors (Lipinski definition) is 4. The Morgan fingerprint density at radius 3 is 2.32 bits per heavy atom. The van der Waals surface area contributed by atoms with Crippen LogP contribution in [0.2, 0.25) is 0 Å². The van der Waals surface area contributed by atoms with Gasteiger partial charge in [0, 0.05) is 11.8 Å². The average molecular weight is 294 g/mol. The van der Waals surface area contributed by atoms with Gasteiger partial charge in [-0.2, -0.15) is 10.2 Å².